The molecule has 0 amide bonds. The van der Waals surface area contributed by atoms with E-state index < -0.39 is 0 Å². The summed E-state index contributed by atoms with van der Waals surface area (Å²) in [4.78, 5) is 9.56. The minimum Gasteiger partial charge on any atom is -0.422 e. The average Bonchev–Trinajstić information content (AvgIpc) is 2.14. The Balaban J connectivity index is 2.68. The van der Waals surface area contributed by atoms with E-state index in [0.717, 1.165) is 0 Å². The maximum atomic E-state index is 9.56. The third kappa shape index (κ3) is 0.614. The molecule has 36 valence electrons. The van der Waals surface area contributed by atoms with Crippen molar-refractivity contribution in [3.8, 4) is 0 Å². The first-order chi connectivity index (χ1) is 3.43. The van der Waals surface area contributed by atoms with Gasteiger partial charge in [-0.1, -0.05) is 0 Å². The van der Waals surface area contributed by atoms with Crippen LogP contribution in [0.4, 0.5) is 0 Å². The van der Waals surface area contributed by atoms with Gasteiger partial charge in [0, 0.05) is 0 Å². The van der Waals surface area contributed by atoms with Crippen LogP contribution in [-0.2, 0) is 14.3 Å². The van der Waals surface area contributed by atoms with Crippen molar-refractivity contribution in [2.75, 3.05) is 0 Å². The summed E-state index contributed by atoms with van der Waals surface area (Å²) in [6, 6.07) is 0. The van der Waals surface area contributed by atoms with Crippen LogP contribution in [-0.4, -0.2) is 5.94 Å². The largest absolute Gasteiger partial charge is 0.422 e. The Morgan fingerprint density at radius 1 is 1.43 bits per heavy atom. The summed E-state index contributed by atoms with van der Waals surface area (Å²) in [6.45, 7) is 0. The first-order valence-corrected chi connectivity index (χ1v) is 1.67. The molecule has 0 bridgehead atoms. The van der Waals surface area contributed by atoms with Crippen LogP contribution in [0.2, 0.25) is 0 Å². The fourth-order valence-electron chi connectivity index (χ4n) is 0.255. The molecular weight excluding hydrogens is 96.0 g/mol. The topological polar surface area (TPSA) is 35.5 Å². The smallest absolute Gasteiger partial charge is 0.379 e. The molecular formula is C4H2O3. The summed E-state index contributed by atoms with van der Waals surface area (Å²) >= 11 is 0. The monoisotopic (exact) mass is 98.0 g/mol. The van der Waals surface area contributed by atoms with Crippen LogP contribution < -0.4 is 0 Å². The lowest BCUT2D eigenvalue weighted by Crippen LogP contribution is -1.77. The lowest BCUT2D eigenvalue weighted by Gasteiger charge is -1.83. The van der Waals surface area contributed by atoms with Crippen LogP contribution in [0, 0.1) is 0 Å². The molecule has 0 fully saturated rings. The van der Waals surface area contributed by atoms with E-state index in [1.165, 1.54) is 18.5 Å². The van der Waals surface area contributed by atoms with Crippen molar-refractivity contribution in [3.05, 3.63) is 18.5 Å². The molecule has 0 aromatic rings. The molecule has 1 aliphatic heterocycles. The standard InChI is InChI=1S/C4H2O3/c5-3-4-6-1-2-7-4/h1-2H. The maximum Gasteiger partial charge on any atom is 0.379 e. The summed E-state index contributed by atoms with van der Waals surface area (Å²) in [5.41, 5.74) is 0. The van der Waals surface area contributed by atoms with Crippen molar-refractivity contribution in [3.63, 3.8) is 0 Å². The maximum absolute atomic E-state index is 9.56. The molecule has 0 unspecified atom stereocenters. The molecule has 1 heterocycles. The molecule has 0 spiro atoms. The van der Waals surface area contributed by atoms with Crippen molar-refractivity contribution in [1.82, 2.24) is 0 Å². The summed E-state index contributed by atoms with van der Waals surface area (Å²) in [7, 11) is 0. The van der Waals surface area contributed by atoms with Gasteiger partial charge in [-0.3, -0.25) is 0 Å². The summed E-state index contributed by atoms with van der Waals surface area (Å²) in [6.07, 6.45) is 2.53. The van der Waals surface area contributed by atoms with Crippen molar-refractivity contribution >= 4 is 5.94 Å². The van der Waals surface area contributed by atoms with E-state index in [-0.39, 0.29) is 5.95 Å². The zero-order valence-corrected chi connectivity index (χ0v) is 3.38. The molecule has 0 N–H and O–H groups in total. The van der Waals surface area contributed by atoms with Gasteiger partial charge >= 0.3 is 5.95 Å². The predicted molar refractivity (Wildman–Crippen MR) is 20.5 cm³/mol. The molecule has 0 radical (unpaired) electrons. The second-order valence-corrected chi connectivity index (χ2v) is 0.897. The van der Waals surface area contributed by atoms with Gasteiger partial charge in [-0.25, -0.2) is 4.79 Å². The van der Waals surface area contributed by atoms with Crippen molar-refractivity contribution in [2.24, 2.45) is 0 Å². The van der Waals surface area contributed by atoms with Crippen molar-refractivity contribution in [1.29, 1.82) is 0 Å². The Morgan fingerprint density at radius 2 is 2.00 bits per heavy atom. The first-order valence-electron chi connectivity index (χ1n) is 1.67. The fraction of sp³-hybridized carbons (Fsp3) is 0. The summed E-state index contributed by atoms with van der Waals surface area (Å²) in [5.74, 6) is 1.30. The second kappa shape index (κ2) is 1.49. The van der Waals surface area contributed by atoms with Crippen LogP contribution in [0.1, 0.15) is 0 Å². The van der Waals surface area contributed by atoms with E-state index in [2.05, 4.69) is 9.47 Å². The lowest BCUT2D eigenvalue weighted by molar-refractivity contribution is 0.206. The second-order valence-electron chi connectivity index (χ2n) is 0.897. The van der Waals surface area contributed by atoms with Gasteiger partial charge in [0.1, 0.15) is 12.5 Å². The number of carbonyl (C=O) groups excluding carboxylic acids is 1. The lowest BCUT2D eigenvalue weighted by atomic mass is 11.0. The Hall–Kier alpha value is -1.21. The highest BCUT2D eigenvalue weighted by atomic mass is 16.7. The van der Waals surface area contributed by atoms with Gasteiger partial charge in [-0.05, 0) is 0 Å². The highest BCUT2D eigenvalue weighted by Gasteiger charge is 2.00. The number of rotatable bonds is 0. The first kappa shape index (κ1) is 3.96. The fourth-order valence-corrected chi connectivity index (χ4v) is 0.255. The normalized spacial score (nSPS) is 15.1. The van der Waals surface area contributed by atoms with Crippen molar-refractivity contribution in [2.45, 2.75) is 0 Å². The van der Waals surface area contributed by atoms with Crippen LogP contribution in [0.25, 0.3) is 0 Å². The Morgan fingerprint density at radius 3 is 2.29 bits per heavy atom. The molecule has 3 nitrogen and oxygen atoms in total. The van der Waals surface area contributed by atoms with Crippen molar-refractivity contribution < 1.29 is 14.3 Å². The van der Waals surface area contributed by atoms with E-state index >= 15 is 0 Å². The summed E-state index contributed by atoms with van der Waals surface area (Å²) in [5, 5.41) is 0. The van der Waals surface area contributed by atoms with Gasteiger partial charge in [0.2, 0.25) is 5.94 Å². The summed E-state index contributed by atoms with van der Waals surface area (Å²) < 4.78 is 8.78. The van der Waals surface area contributed by atoms with E-state index in [1.807, 2.05) is 0 Å². The van der Waals surface area contributed by atoms with Gasteiger partial charge in [0.25, 0.3) is 0 Å². The zero-order valence-electron chi connectivity index (χ0n) is 3.38. The van der Waals surface area contributed by atoms with Crippen LogP contribution in [0.15, 0.2) is 18.5 Å². The highest BCUT2D eigenvalue weighted by Crippen LogP contribution is 2.03. The van der Waals surface area contributed by atoms with Gasteiger partial charge < -0.3 is 9.47 Å². The third-order valence-corrected chi connectivity index (χ3v) is 0.489. The molecule has 0 aliphatic carbocycles. The molecule has 0 aromatic carbocycles. The Bertz CT molecular complexity index is 131. The van der Waals surface area contributed by atoms with E-state index in [0.29, 0.717) is 0 Å². The van der Waals surface area contributed by atoms with Crippen LogP contribution in [0.3, 0.4) is 0 Å². The predicted octanol–water partition coefficient (Wildman–Crippen LogP) is 0.177. The quantitative estimate of drug-likeness (QED) is 0.405. The Kier molecular flexibility index (Phi) is 0.845. The van der Waals surface area contributed by atoms with Crippen LogP contribution in [0.5, 0.6) is 0 Å². The Labute approximate surface area is 39.8 Å². The zero-order chi connectivity index (χ0) is 5.11. The number of hydrogen-bond donors (Lipinski definition) is 0. The van der Waals surface area contributed by atoms with Gasteiger partial charge in [-0.15, -0.1) is 0 Å². The molecule has 0 aromatic heterocycles. The minimum absolute atomic E-state index is 0.125. The average molecular weight is 98.1 g/mol. The van der Waals surface area contributed by atoms with Crippen LogP contribution >= 0.6 is 0 Å². The minimum atomic E-state index is -0.125. The molecule has 1 rings (SSSR count). The molecule has 0 saturated carbocycles. The molecule has 0 saturated heterocycles. The van der Waals surface area contributed by atoms with E-state index in [4.69, 9.17) is 0 Å². The highest BCUT2D eigenvalue weighted by molar-refractivity contribution is 5.47. The van der Waals surface area contributed by atoms with Gasteiger partial charge in [0.05, 0.1) is 0 Å². The third-order valence-electron chi connectivity index (χ3n) is 0.489. The SMILES string of the molecule is O=C=C1OC=CO1. The van der Waals surface area contributed by atoms with E-state index in [1.54, 1.807) is 0 Å². The number of ether oxygens (including phenoxy) is 2. The number of hydrogen-bond acceptors (Lipinski definition) is 3. The molecule has 7 heavy (non-hydrogen) atoms. The molecule has 3 heteroatoms. The van der Waals surface area contributed by atoms with Gasteiger partial charge in [-0.2, -0.15) is 0 Å². The van der Waals surface area contributed by atoms with Gasteiger partial charge in [0.15, 0.2) is 0 Å². The molecule has 1 aliphatic rings. The van der Waals surface area contributed by atoms with E-state index in [9.17, 15) is 4.79 Å². The molecule has 0 atom stereocenters.